The van der Waals surface area contributed by atoms with Gasteiger partial charge in [-0.15, -0.1) is 11.6 Å². The van der Waals surface area contributed by atoms with Gasteiger partial charge in [0.25, 0.3) is 0 Å². The van der Waals surface area contributed by atoms with Crippen LogP contribution in [0.2, 0.25) is 0 Å². The van der Waals surface area contributed by atoms with Crippen LogP contribution in [0, 0.1) is 11.8 Å². The van der Waals surface area contributed by atoms with E-state index in [1.54, 1.807) is 0 Å². The number of alkyl halides is 1. The smallest absolute Gasteiger partial charge is 0.136 e. The molecule has 0 N–H and O–H groups in total. The lowest BCUT2D eigenvalue weighted by Gasteiger charge is -2.24. The predicted octanol–water partition coefficient (Wildman–Crippen LogP) is 3.99. The van der Waals surface area contributed by atoms with E-state index in [0.717, 1.165) is 41.5 Å². The summed E-state index contributed by atoms with van der Waals surface area (Å²) in [6.07, 6.45) is 2.17. The summed E-state index contributed by atoms with van der Waals surface area (Å²) < 4.78 is 11.6. The van der Waals surface area contributed by atoms with E-state index in [1.165, 1.54) is 0 Å². The number of fused-ring (bicyclic) bond motifs is 1. The van der Waals surface area contributed by atoms with E-state index in [1.807, 2.05) is 18.2 Å². The molecule has 1 atom stereocenters. The summed E-state index contributed by atoms with van der Waals surface area (Å²) in [5.41, 5.74) is 0.916. The highest BCUT2D eigenvalue weighted by Gasteiger charge is 2.17. The van der Waals surface area contributed by atoms with Gasteiger partial charge in [0.05, 0.1) is 18.1 Å². The van der Waals surface area contributed by atoms with Gasteiger partial charge in [-0.2, -0.15) is 0 Å². The highest BCUT2D eigenvalue weighted by atomic mass is 35.5. The van der Waals surface area contributed by atoms with Gasteiger partial charge in [-0.25, -0.2) is 0 Å². The van der Waals surface area contributed by atoms with Gasteiger partial charge in [0.1, 0.15) is 11.9 Å². The van der Waals surface area contributed by atoms with Gasteiger partial charge < -0.3 is 9.47 Å². The molecule has 2 aromatic carbocycles. The van der Waals surface area contributed by atoms with E-state index in [9.17, 15) is 0 Å². The Labute approximate surface area is 130 Å². The first-order chi connectivity index (χ1) is 10.4. The number of ether oxygens (including phenoxy) is 2. The Hall–Kier alpha value is -1.69. The Bertz CT molecular complexity index is 678. The largest absolute Gasteiger partial charge is 0.487 e. The molecule has 0 radical (unpaired) electrons. The predicted molar refractivity (Wildman–Crippen MR) is 86.0 cm³/mol. The minimum atomic E-state index is 0.108. The molecule has 1 saturated heterocycles. The molecule has 3 heteroatoms. The highest BCUT2D eigenvalue weighted by molar-refractivity contribution is 6.19. The molecule has 0 spiro atoms. The third-order valence-electron chi connectivity index (χ3n) is 3.58. The van der Waals surface area contributed by atoms with Gasteiger partial charge >= 0.3 is 0 Å². The van der Waals surface area contributed by atoms with Crippen LogP contribution >= 0.6 is 11.6 Å². The summed E-state index contributed by atoms with van der Waals surface area (Å²) in [4.78, 5) is 0. The molecule has 0 saturated carbocycles. The van der Waals surface area contributed by atoms with Gasteiger partial charge in [0, 0.05) is 12.0 Å². The third-order valence-corrected chi connectivity index (χ3v) is 3.72. The lowest BCUT2D eigenvalue weighted by Crippen LogP contribution is -2.28. The Morgan fingerprint density at radius 2 is 2.14 bits per heavy atom. The summed E-state index contributed by atoms with van der Waals surface area (Å²) in [5, 5.41) is 2.26. The molecule has 1 aliphatic heterocycles. The first-order valence-corrected chi connectivity index (χ1v) is 7.73. The number of hydrogen-bond acceptors (Lipinski definition) is 2. The van der Waals surface area contributed by atoms with Gasteiger partial charge in [0.15, 0.2) is 0 Å². The fourth-order valence-electron chi connectivity index (χ4n) is 2.58. The Morgan fingerprint density at radius 1 is 1.24 bits per heavy atom. The molecule has 3 rings (SSSR count). The van der Waals surface area contributed by atoms with Crippen molar-refractivity contribution in [1.82, 2.24) is 0 Å². The van der Waals surface area contributed by atoms with Crippen LogP contribution in [0.5, 0.6) is 5.75 Å². The Morgan fingerprint density at radius 3 is 2.95 bits per heavy atom. The molecular formula is C18H17ClO2. The van der Waals surface area contributed by atoms with Crippen molar-refractivity contribution in [2.24, 2.45) is 0 Å². The maximum Gasteiger partial charge on any atom is 0.136 e. The quantitative estimate of drug-likeness (QED) is 0.617. The molecule has 0 aliphatic carbocycles. The van der Waals surface area contributed by atoms with Gasteiger partial charge in [-0.3, -0.25) is 0 Å². The molecular weight excluding hydrogens is 284 g/mol. The molecule has 1 aliphatic rings. The van der Waals surface area contributed by atoms with Crippen LogP contribution in [0.15, 0.2) is 36.4 Å². The summed E-state index contributed by atoms with van der Waals surface area (Å²) in [6.45, 7) is 1.48. The van der Waals surface area contributed by atoms with Crippen LogP contribution in [0.25, 0.3) is 10.8 Å². The summed E-state index contributed by atoms with van der Waals surface area (Å²) in [6, 6.07) is 12.3. The fraction of sp³-hybridized carbons (Fsp3) is 0.333. The lowest BCUT2D eigenvalue weighted by molar-refractivity contribution is 0.00738. The molecule has 1 fully saturated rings. The third kappa shape index (κ3) is 3.32. The molecule has 1 heterocycles. The Kier molecular flexibility index (Phi) is 4.65. The minimum Gasteiger partial charge on any atom is -0.487 e. The SMILES string of the molecule is ClCC#Cc1c(OC2CCCOC2)ccc2ccccc12. The van der Waals surface area contributed by atoms with E-state index < -0.39 is 0 Å². The van der Waals surface area contributed by atoms with Crippen molar-refractivity contribution in [3.63, 3.8) is 0 Å². The van der Waals surface area contributed by atoms with Crippen LogP contribution in [0.4, 0.5) is 0 Å². The number of halogens is 1. The topological polar surface area (TPSA) is 18.5 Å². The molecule has 0 aromatic heterocycles. The van der Waals surface area contributed by atoms with Crippen molar-refractivity contribution in [3.05, 3.63) is 42.0 Å². The Balaban J connectivity index is 1.99. The summed E-state index contributed by atoms with van der Waals surface area (Å²) in [7, 11) is 0. The average Bonchev–Trinajstić information content (AvgIpc) is 2.55. The molecule has 1 unspecified atom stereocenters. The van der Waals surface area contributed by atoms with Gasteiger partial charge in [0.2, 0.25) is 0 Å². The summed E-state index contributed by atoms with van der Waals surface area (Å²) >= 11 is 5.71. The maximum atomic E-state index is 6.12. The fourth-order valence-corrected chi connectivity index (χ4v) is 2.65. The molecule has 21 heavy (non-hydrogen) atoms. The average molecular weight is 301 g/mol. The normalized spacial score (nSPS) is 18.0. The van der Waals surface area contributed by atoms with E-state index in [-0.39, 0.29) is 6.10 Å². The summed E-state index contributed by atoms with van der Waals surface area (Å²) in [5.74, 6) is 7.22. The molecule has 0 amide bonds. The van der Waals surface area contributed by atoms with Crippen LogP contribution in [-0.4, -0.2) is 25.2 Å². The molecule has 108 valence electrons. The first kappa shape index (κ1) is 14.3. The van der Waals surface area contributed by atoms with Crippen LogP contribution in [0.3, 0.4) is 0 Å². The van der Waals surface area contributed by atoms with Crippen molar-refractivity contribution in [1.29, 1.82) is 0 Å². The van der Waals surface area contributed by atoms with E-state index in [4.69, 9.17) is 21.1 Å². The maximum absolute atomic E-state index is 6.12. The zero-order valence-corrected chi connectivity index (χ0v) is 12.5. The minimum absolute atomic E-state index is 0.108. The molecule has 2 aromatic rings. The first-order valence-electron chi connectivity index (χ1n) is 7.19. The van der Waals surface area contributed by atoms with Crippen LogP contribution in [0.1, 0.15) is 18.4 Å². The van der Waals surface area contributed by atoms with Crippen molar-refractivity contribution in [2.75, 3.05) is 19.1 Å². The monoisotopic (exact) mass is 300 g/mol. The second-order valence-electron chi connectivity index (χ2n) is 5.05. The van der Waals surface area contributed by atoms with Gasteiger partial charge in [-0.05, 0) is 24.3 Å². The highest BCUT2D eigenvalue weighted by Crippen LogP contribution is 2.29. The number of rotatable bonds is 2. The molecule has 0 bridgehead atoms. The second-order valence-corrected chi connectivity index (χ2v) is 5.32. The van der Waals surface area contributed by atoms with E-state index in [2.05, 4.69) is 30.0 Å². The van der Waals surface area contributed by atoms with Crippen molar-refractivity contribution < 1.29 is 9.47 Å². The lowest BCUT2D eigenvalue weighted by atomic mass is 10.0. The second kappa shape index (κ2) is 6.85. The van der Waals surface area contributed by atoms with Crippen LogP contribution < -0.4 is 4.74 Å². The van der Waals surface area contributed by atoms with E-state index in [0.29, 0.717) is 12.5 Å². The zero-order chi connectivity index (χ0) is 14.5. The van der Waals surface area contributed by atoms with E-state index >= 15 is 0 Å². The number of hydrogen-bond donors (Lipinski definition) is 0. The van der Waals surface area contributed by atoms with Gasteiger partial charge in [-0.1, -0.05) is 42.2 Å². The number of benzene rings is 2. The van der Waals surface area contributed by atoms with Crippen molar-refractivity contribution in [2.45, 2.75) is 18.9 Å². The van der Waals surface area contributed by atoms with Crippen molar-refractivity contribution >= 4 is 22.4 Å². The van der Waals surface area contributed by atoms with Crippen LogP contribution in [-0.2, 0) is 4.74 Å². The standard InChI is InChI=1S/C18H17ClO2/c19-11-3-8-17-16-7-2-1-5-14(16)9-10-18(17)21-15-6-4-12-20-13-15/h1-2,5,7,9-10,15H,4,6,11-13H2. The molecule has 2 nitrogen and oxygen atoms in total. The zero-order valence-electron chi connectivity index (χ0n) is 11.8. The van der Waals surface area contributed by atoms with Crippen molar-refractivity contribution in [3.8, 4) is 17.6 Å².